The van der Waals surface area contributed by atoms with Crippen molar-refractivity contribution in [2.75, 3.05) is 11.9 Å². The number of halogens is 1. The second kappa shape index (κ2) is 8.44. The fraction of sp³-hybridized carbons (Fsp3) is 0.176. The molecule has 0 atom stereocenters. The molecule has 2 rings (SSSR count). The summed E-state index contributed by atoms with van der Waals surface area (Å²) in [5, 5.41) is 24.6. The van der Waals surface area contributed by atoms with Crippen molar-refractivity contribution in [2.45, 2.75) is 13.8 Å². The minimum Gasteiger partial charge on any atom is -0.452 e. The Morgan fingerprint density at radius 1 is 1.07 bits per heavy atom. The molecule has 2 aromatic rings. The standard InChI is InChI=1S/C17H14ClN3O7/c1-9-3-6-13(20(24)25)16(10(9)2)19-15(22)8-28-17(23)12-5-4-11(18)7-14(12)21(26)27/h3-7H,8H2,1-2H3,(H,19,22). The van der Waals surface area contributed by atoms with Gasteiger partial charge >= 0.3 is 5.97 Å². The molecular formula is C17H14ClN3O7. The molecular weight excluding hydrogens is 394 g/mol. The molecule has 146 valence electrons. The van der Waals surface area contributed by atoms with Gasteiger partial charge in [-0.3, -0.25) is 25.0 Å². The van der Waals surface area contributed by atoms with Crippen molar-refractivity contribution in [3.63, 3.8) is 0 Å². The van der Waals surface area contributed by atoms with Gasteiger partial charge in [-0.05, 0) is 37.1 Å². The van der Waals surface area contributed by atoms with Crippen molar-refractivity contribution in [3.05, 3.63) is 72.3 Å². The number of ether oxygens (including phenoxy) is 1. The van der Waals surface area contributed by atoms with Crippen LogP contribution in [0.15, 0.2) is 30.3 Å². The highest BCUT2D eigenvalue weighted by Gasteiger charge is 2.24. The number of anilines is 1. The summed E-state index contributed by atoms with van der Waals surface area (Å²) < 4.78 is 4.79. The monoisotopic (exact) mass is 407 g/mol. The lowest BCUT2D eigenvalue weighted by atomic mass is 10.1. The molecule has 0 aliphatic heterocycles. The zero-order valence-corrected chi connectivity index (χ0v) is 15.5. The van der Waals surface area contributed by atoms with E-state index in [0.717, 1.165) is 17.7 Å². The van der Waals surface area contributed by atoms with Crippen molar-refractivity contribution in [3.8, 4) is 0 Å². The van der Waals surface area contributed by atoms with E-state index in [-0.39, 0.29) is 22.0 Å². The van der Waals surface area contributed by atoms with Gasteiger partial charge in [0.2, 0.25) is 0 Å². The van der Waals surface area contributed by atoms with Gasteiger partial charge in [-0.1, -0.05) is 17.7 Å². The lowest BCUT2D eigenvalue weighted by Gasteiger charge is -2.11. The number of rotatable bonds is 6. The Bertz CT molecular complexity index is 991. The number of benzene rings is 2. The highest BCUT2D eigenvalue weighted by molar-refractivity contribution is 6.31. The summed E-state index contributed by atoms with van der Waals surface area (Å²) in [6.45, 7) is 2.53. The number of nitro groups is 2. The van der Waals surface area contributed by atoms with Crippen molar-refractivity contribution >= 4 is 40.5 Å². The van der Waals surface area contributed by atoms with Crippen LogP contribution in [0.4, 0.5) is 17.1 Å². The molecule has 1 amide bonds. The van der Waals surface area contributed by atoms with E-state index in [4.69, 9.17) is 16.3 Å². The predicted octanol–water partition coefficient (Wildman–Crippen LogP) is 3.57. The van der Waals surface area contributed by atoms with Gasteiger partial charge in [0.25, 0.3) is 17.3 Å². The third kappa shape index (κ3) is 4.60. The van der Waals surface area contributed by atoms with Gasteiger partial charge in [0.1, 0.15) is 11.3 Å². The molecule has 0 bridgehead atoms. The maximum Gasteiger partial charge on any atom is 0.345 e. The Morgan fingerprint density at radius 2 is 1.71 bits per heavy atom. The number of esters is 1. The Balaban J connectivity index is 2.14. The molecule has 0 radical (unpaired) electrons. The molecule has 11 heteroatoms. The number of aryl methyl sites for hydroxylation is 1. The second-order valence-electron chi connectivity index (χ2n) is 5.70. The molecule has 0 saturated carbocycles. The number of nitrogens with one attached hydrogen (secondary N) is 1. The number of carbonyl (C=O) groups excluding carboxylic acids is 2. The molecule has 0 heterocycles. The van der Waals surface area contributed by atoms with E-state index >= 15 is 0 Å². The first kappa shape index (κ1) is 20.8. The molecule has 28 heavy (non-hydrogen) atoms. The topological polar surface area (TPSA) is 142 Å². The van der Waals surface area contributed by atoms with Crippen LogP contribution < -0.4 is 5.32 Å². The van der Waals surface area contributed by atoms with E-state index in [1.54, 1.807) is 19.9 Å². The summed E-state index contributed by atoms with van der Waals surface area (Å²) in [7, 11) is 0. The van der Waals surface area contributed by atoms with Crippen LogP contribution in [0, 0.1) is 34.1 Å². The number of carbonyl (C=O) groups is 2. The Labute approximate surface area is 163 Å². The van der Waals surface area contributed by atoms with E-state index in [1.807, 2.05) is 0 Å². The van der Waals surface area contributed by atoms with E-state index in [2.05, 4.69) is 5.32 Å². The minimum atomic E-state index is -1.10. The van der Waals surface area contributed by atoms with Crippen molar-refractivity contribution in [1.82, 2.24) is 0 Å². The highest BCUT2D eigenvalue weighted by Crippen LogP contribution is 2.30. The normalized spacial score (nSPS) is 10.2. The molecule has 1 N–H and O–H groups in total. The highest BCUT2D eigenvalue weighted by atomic mass is 35.5. The summed E-state index contributed by atoms with van der Waals surface area (Å²) in [5.41, 5.74) is -0.0560. The number of nitrogens with zero attached hydrogens (tertiary/aromatic N) is 2. The number of hydrogen-bond donors (Lipinski definition) is 1. The van der Waals surface area contributed by atoms with Gasteiger partial charge < -0.3 is 10.1 Å². The lowest BCUT2D eigenvalue weighted by Crippen LogP contribution is -2.22. The summed E-state index contributed by atoms with van der Waals surface area (Å²) in [6, 6.07) is 6.16. The molecule has 0 fully saturated rings. The number of hydrogen-bond acceptors (Lipinski definition) is 7. The average Bonchev–Trinajstić information content (AvgIpc) is 2.63. The molecule has 0 unspecified atom stereocenters. The van der Waals surface area contributed by atoms with Gasteiger partial charge in [-0.2, -0.15) is 0 Å². The van der Waals surface area contributed by atoms with E-state index < -0.39 is 34.0 Å². The first-order valence-electron chi connectivity index (χ1n) is 7.77. The summed E-state index contributed by atoms with van der Waals surface area (Å²) in [6.07, 6.45) is 0. The Morgan fingerprint density at radius 3 is 2.32 bits per heavy atom. The smallest absolute Gasteiger partial charge is 0.345 e. The third-order valence-corrected chi connectivity index (χ3v) is 4.12. The predicted molar refractivity (Wildman–Crippen MR) is 99.6 cm³/mol. The molecule has 0 aliphatic carbocycles. The fourth-order valence-electron chi connectivity index (χ4n) is 2.32. The largest absolute Gasteiger partial charge is 0.452 e. The van der Waals surface area contributed by atoms with Crippen LogP contribution >= 0.6 is 11.6 Å². The molecule has 10 nitrogen and oxygen atoms in total. The molecule has 2 aromatic carbocycles. The van der Waals surface area contributed by atoms with Crippen molar-refractivity contribution in [2.24, 2.45) is 0 Å². The van der Waals surface area contributed by atoms with Crippen LogP contribution in [-0.4, -0.2) is 28.3 Å². The Hall–Kier alpha value is -3.53. The van der Waals surface area contributed by atoms with Crippen molar-refractivity contribution in [1.29, 1.82) is 0 Å². The van der Waals surface area contributed by atoms with Crippen LogP contribution in [0.1, 0.15) is 21.5 Å². The number of nitro benzene ring substituents is 2. The second-order valence-corrected chi connectivity index (χ2v) is 6.14. The average molecular weight is 408 g/mol. The zero-order chi connectivity index (χ0) is 21.0. The zero-order valence-electron chi connectivity index (χ0n) is 14.7. The quantitative estimate of drug-likeness (QED) is 0.438. The number of amides is 1. The van der Waals surface area contributed by atoms with Crippen LogP contribution in [0.2, 0.25) is 5.02 Å². The summed E-state index contributed by atoms with van der Waals surface area (Å²) in [4.78, 5) is 44.9. The maximum atomic E-state index is 12.1. The van der Waals surface area contributed by atoms with E-state index in [1.165, 1.54) is 12.1 Å². The van der Waals surface area contributed by atoms with Gasteiger partial charge in [0.15, 0.2) is 6.61 Å². The maximum absolute atomic E-state index is 12.1. The van der Waals surface area contributed by atoms with E-state index in [9.17, 15) is 29.8 Å². The molecule has 0 aliphatic rings. The van der Waals surface area contributed by atoms with Crippen LogP contribution in [0.5, 0.6) is 0 Å². The van der Waals surface area contributed by atoms with E-state index in [0.29, 0.717) is 5.56 Å². The fourth-order valence-corrected chi connectivity index (χ4v) is 2.49. The molecule has 0 spiro atoms. The van der Waals surface area contributed by atoms with Crippen LogP contribution in [0.25, 0.3) is 0 Å². The molecule has 0 saturated heterocycles. The van der Waals surface area contributed by atoms with Gasteiger partial charge in [0, 0.05) is 17.2 Å². The Kier molecular flexibility index (Phi) is 6.26. The van der Waals surface area contributed by atoms with Crippen LogP contribution in [0.3, 0.4) is 0 Å². The minimum absolute atomic E-state index is 0.0106. The first-order valence-corrected chi connectivity index (χ1v) is 8.15. The van der Waals surface area contributed by atoms with Crippen LogP contribution in [-0.2, 0) is 9.53 Å². The van der Waals surface area contributed by atoms with Crippen molar-refractivity contribution < 1.29 is 24.2 Å². The summed E-state index contributed by atoms with van der Waals surface area (Å²) in [5.74, 6) is -1.93. The SMILES string of the molecule is Cc1ccc([N+](=O)[O-])c(NC(=O)COC(=O)c2ccc(Cl)cc2[N+](=O)[O-])c1C. The van der Waals surface area contributed by atoms with Gasteiger partial charge in [0.05, 0.1) is 9.85 Å². The van der Waals surface area contributed by atoms with Gasteiger partial charge in [-0.15, -0.1) is 0 Å². The first-order chi connectivity index (χ1) is 13.1. The molecule has 0 aromatic heterocycles. The third-order valence-electron chi connectivity index (χ3n) is 3.89. The lowest BCUT2D eigenvalue weighted by molar-refractivity contribution is -0.385. The summed E-state index contributed by atoms with van der Waals surface area (Å²) >= 11 is 5.68. The van der Waals surface area contributed by atoms with Gasteiger partial charge in [-0.25, -0.2) is 4.79 Å².